The minimum atomic E-state index is 0.582. The van der Waals surface area contributed by atoms with Crippen molar-refractivity contribution in [3.8, 4) is 5.75 Å². The van der Waals surface area contributed by atoms with Gasteiger partial charge in [0.1, 0.15) is 5.75 Å². The minimum absolute atomic E-state index is 0.582. The molecule has 0 saturated carbocycles. The van der Waals surface area contributed by atoms with E-state index in [9.17, 15) is 0 Å². The van der Waals surface area contributed by atoms with Crippen molar-refractivity contribution >= 4 is 0 Å². The van der Waals surface area contributed by atoms with Gasteiger partial charge in [-0.2, -0.15) is 0 Å². The highest BCUT2D eigenvalue weighted by Gasteiger charge is 2.12. The van der Waals surface area contributed by atoms with Crippen LogP contribution in [0.5, 0.6) is 5.75 Å². The van der Waals surface area contributed by atoms with Crippen molar-refractivity contribution < 1.29 is 4.74 Å². The van der Waals surface area contributed by atoms with Gasteiger partial charge in [0.2, 0.25) is 0 Å². The van der Waals surface area contributed by atoms with E-state index >= 15 is 0 Å². The smallest absolute Gasteiger partial charge is 0.119 e. The molecular weight excluding hydrogens is 222 g/mol. The van der Waals surface area contributed by atoms with Gasteiger partial charge in [0.05, 0.1) is 7.11 Å². The molecule has 1 aromatic rings. The maximum absolute atomic E-state index is 5.90. The lowest BCUT2D eigenvalue weighted by Crippen LogP contribution is -2.19. The molecule has 1 aromatic carbocycles. The Morgan fingerprint density at radius 2 is 2.11 bits per heavy atom. The van der Waals surface area contributed by atoms with Crippen molar-refractivity contribution in [2.24, 2.45) is 17.6 Å². The first-order valence-electron chi connectivity index (χ1n) is 7.02. The molecule has 0 radical (unpaired) electrons. The van der Waals surface area contributed by atoms with E-state index in [0.29, 0.717) is 5.92 Å². The number of rotatable bonds is 8. The Morgan fingerprint density at radius 3 is 2.72 bits per heavy atom. The predicted octanol–water partition coefficient (Wildman–Crippen LogP) is 3.64. The van der Waals surface area contributed by atoms with E-state index in [0.717, 1.165) is 24.6 Å². The van der Waals surface area contributed by atoms with Crippen LogP contribution in [0, 0.1) is 11.8 Å². The van der Waals surface area contributed by atoms with Gasteiger partial charge in [-0.25, -0.2) is 0 Å². The van der Waals surface area contributed by atoms with Crippen LogP contribution in [0.15, 0.2) is 24.3 Å². The zero-order valence-corrected chi connectivity index (χ0v) is 12.0. The van der Waals surface area contributed by atoms with E-state index in [-0.39, 0.29) is 0 Å². The van der Waals surface area contributed by atoms with Crippen LogP contribution in [0.4, 0.5) is 0 Å². The molecule has 1 rings (SSSR count). The van der Waals surface area contributed by atoms with E-state index < -0.39 is 0 Å². The molecule has 0 aliphatic carbocycles. The first-order valence-corrected chi connectivity index (χ1v) is 7.02. The molecule has 0 heterocycles. The number of hydrogen-bond donors (Lipinski definition) is 1. The molecule has 2 atom stereocenters. The molecule has 0 fully saturated rings. The van der Waals surface area contributed by atoms with Gasteiger partial charge in [0.15, 0.2) is 0 Å². The molecular formula is C16H27NO. The fourth-order valence-electron chi connectivity index (χ4n) is 2.58. The van der Waals surface area contributed by atoms with Crippen LogP contribution in [-0.2, 0) is 6.42 Å². The van der Waals surface area contributed by atoms with Gasteiger partial charge in [-0.1, -0.05) is 38.8 Å². The van der Waals surface area contributed by atoms with Gasteiger partial charge in [-0.15, -0.1) is 0 Å². The SMILES string of the molecule is CCCC(C)CC(CN)Cc1cccc(OC)c1. The summed E-state index contributed by atoms with van der Waals surface area (Å²) in [6.45, 7) is 5.35. The molecule has 0 aromatic heterocycles. The Balaban J connectivity index is 2.56. The highest BCUT2D eigenvalue weighted by molar-refractivity contribution is 5.28. The maximum atomic E-state index is 5.90. The van der Waals surface area contributed by atoms with Crippen molar-refractivity contribution in [3.63, 3.8) is 0 Å². The topological polar surface area (TPSA) is 35.2 Å². The lowest BCUT2D eigenvalue weighted by atomic mass is 9.88. The molecule has 2 nitrogen and oxygen atoms in total. The Morgan fingerprint density at radius 1 is 1.33 bits per heavy atom. The van der Waals surface area contributed by atoms with Crippen LogP contribution in [0.1, 0.15) is 38.7 Å². The highest BCUT2D eigenvalue weighted by atomic mass is 16.5. The van der Waals surface area contributed by atoms with Crippen molar-refractivity contribution in [3.05, 3.63) is 29.8 Å². The first-order chi connectivity index (χ1) is 8.69. The summed E-state index contributed by atoms with van der Waals surface area (Å²) in [6, 6.07) is 8.32. The van der Waals surface area contributed by atoms with Gasteiger partial charge in [-0.05, 0) is 48.9 Å². The first kappa shape index (κ1) is 15.0. The van der Waals surface area contributed by atoms with E-state index in [1.54, 1.807) is 7.11 Å². The number of nitrogens with two attached hydrogens (primary N) is 1. The van der Waals surface area contributed by atoms with Crippen LogP contribution in [0.25, 0.3) is 0 Å². The van der Waals surface area contributed by atoms with Crippen LogP contribution in [0.2, 0.25) is 0 Å². The average Bonchev–Trinajstić information content (AvgIpc) is 2.38. The Bertz CT molecular complexity index is 338. The number of methoxy groups -OCH3 is 1. The van der Waals surface area contributed by atoms with Crippen LogP contribution >= 0.6 is 0 Å². The zero-order chi connectivity index (χ0) is 13.4. The lowest BCUT2D eigenvalue weighted by molar-refractivity contribution is 0.373. The second kappa shape index (κ2) is 8.15. The van der Waals surface area contributed by atoms with Crippen molar-refractivity contribution in [1.82, 2.24) is 0 Å². The second-order valence-corrected chi connectivity index (χ2v) is 5.29. The largest absolute Gasteiger partial charge is 0.497 e. The Labute approximate surface area is 112 Å². The van der Waals surface area contributed by atoms with Gasteiger partial charge in [0.25, 0.3) is 0 Å². The minimum Gasteiger partial charge on any atom is -0.497 e. The van der Waals surface area contributed by atoms with Gasteiger partial charge in [-0.3, -0.25) is 0 Å². The number of ether oxygens (including phenoxy) is 1. The fraction of sp³-hybridized carbons (Fsp3) is 0.625. The molecule has 2 heteroatoms. The summed E-state index contributed by atoms with van der Waals surface area (Å²) in [5.41, 5.74) is 7.23. The third-order valence-corrected chi connectivity index (χ3v) is 3.51. The normalized spacial score (nSPS) is 14.2. The third kappa shape index (κ3) is 5.09. The number of hydrogen-bond acceptors (Lipinski definition) is 2. The summed E-state index contributed by atoms with van der Waals surface area (Å²) in [6.07, 6.45) is 4.84. The summed E-state index contributed by atoms with van der Waals surface area (Å²) >= 11 is 0. The third-order valence-electron chi connectivity index (χ3n) is 3.51. The standard InChI is InChI=1S/C16H27NO/c1-4-6-13(2)9-15(12-17)10-14-7-5-8-16(11-14)18-3/h5,7-8,11,13,15H,4,6,9-10,12,17H2,1-3H3. The molecule has 102 valence electrons. The van der Waals surface area contributed by atoms with Crippen molar-refractivity contribution in [1.29, 1.82) is 0 Å². The Hall–Kier alpha value is -1.02. The zero-order valence-electron chi connectivity index (χ0n) is 12.0. The van der Waals surface area contributed by atoms with Crippen LogP contribution in [0.3, 0.4) is 0 Å². The molecule has 2 unspecified atom stereocenters. The molecule has 18 heavy (non-hydrogen) atoms. The van der Waals surface area contributed by atoms with Gasteiger partial charge < -0.3 is 10.5 Å². The van der Waals surface area contributed by atoms with E-state index in [4.69, 9.17) is 10.5 Å². The quantitative estimate of drug-likeness (QED) is 0.763. The molecule has 0 spiro atoms. The summed E-state index contributed by atoms with van der Waals surface area (Å²) in [5, 5.41) is 0. The molecule has 0 saturated heterocycles. The van der Waals surface area contributed by atoms with E-state index in [2.05, 4.69) is 32.0 Å². The van der Waals surface area contributed by atoms with Crippen LogP contribution < -0.4 is 10.5 Å². The molecule has 0 aliphatic rings. The van der Waals surface area contributed by atoms with Gasteiger partial charge in [0, 0.05) is 0 Å². The fourth-order valence-corrected chi connectivity index (χ4v) is 2.58. The van der Waals surface area contributed by atoms with E-state index in [1.807, 2.05) is 6.07 Å². The van der Waals surface area contributed by atoms with Crippen LogP contribution in [-0.4, -0.2) is 13.7 Å². The molecule has 0 bridgehead atoms. The maximum Gasteiger partial charge on any atom is 0.119 e. The summed E-state index contributed by atoms with van der Waals surface area (Å²) in [7, 11) is 1.71. The lowest BCUT2D eigenvalue weighted by Gasteiger charge is -2.19. The highest BCUT2D eigenvalue weighted by Crippen LogP contribution is 2.21. The summed E-state index contributed by atoms with van der Waals surface area (Å²) < 4.78 is 5.26. The van der Waals surface area contributed by atoms with E-state index in [1.165, 1.54) is 24.8 Å². The summed E-state index contributed by atoms with van der Waals surface area (Å²) in [5.74, 6) is 2.29. The predicted molar refractivity (Wildman–Crippen MR) is 77.9 cm³/mol. The van der Waals surface area contributed by atoms with Crippen molar-refractivity contribution in [2.45, 2.75) is 39.5 Å². The second-order valence-electron chi connectivity index (χ2n) is 5.29. The molecule has 0 aliphatic heterocycles. The molecule has 2 N–H and O–H groups in total. The molecule has 0 amide bonds. The Kier molecular flexibility index (Phi) is 6.81. The van der Waals surface area contributed by atoms with Gasteiger partial charge >= 0.3 is 0 Å². The average molecular weight is 249 g/mol. The van der Waals surface area contributed by atoms with Crippen molar-refractivity contribution in [2.75, 3.05) is 13.7 Å². The monoisotopic (exact) mass is 249 g/mol. The number of benzene rings is 1. The summed E-state index contributed by atoms with van der Waals surface area (Å²) in [4.78, 5) is 0.